The molecule has 0 radical (unpaired) electrons. The summed E-state index contributed by atoms with van der Waals surface area (Å²) in [7, 11) is 0. The van der Waals surface area contributed by atoms with Crippen LogP contribution >= 0.6 is 0 Å². The number of amides is 1. The number of carbonyl (C=O) groups is 1. The van der Waals surface area contributed by atoms with Crippen molar-refractivity contribution in [2.75, 3.05) is 26.2 Å². The molecule has 7 heteroatoms. The molecule has 3 heterocycles. The van der Waals surface area contributed by atoms with Gasteiger partial charge in [0.15, 0.2) is 0 Å². The number of ether oxygens (including phenoxy) is 1. The first kappa shape index (κ1) is 18.6. The van der Waals surface area contributed by atoms with Gasteiger partial charge in [-0.1, -0.05) is 0 Å². The lowest BCUT2D eigenvalue weighted by Crippen LogP contribution is -2.46. The Morgan fingerprint density at radius 3 is 2.89 bits per heavy atom. The number of nitriles is 1. The number of halogens is 1. The van der Waals surface area contributed by atoms with Crippen LogP contribution in [0, 0.1) is 11.3 Å². The second-order valence-electron chi connectivity index (χ2n) is 7.50. The topological polar surface area (TPSA) is 69.5 Å². The third-order valence-corrected chi connectivity index (χ3v) is 5.53. The molecule has 2 aromatic rings. The van der Waals surface area contributed by atoms with Crippen molar-refractivity contribution in [3.8, 4) is 11.8 Å². The number of hydrogen-bond donors (Lipinski definition) is 0. The number of piperidine rings is 1. The third-order valence-electron chi connectivity index (χ3n) is 5.53. The first-order chi connectivity index (χ1) is 13.6. The van der Waals surface area contributed by atoms with Crippen LogP contribution in [0.2, 0.25) is 0 Å². The van der Waals surface area contributed by atoms with Gasteiger partial charge < -0.3 is 9.64 Å². The van der Waals surface area contributed by atoms with Crippen molar-refractivity contribution < 1.29 is 13.9 Å². The average molecular weight is 382 g/mol. The number of aromatic nitrogens is 1. The summed E-state index contributed by atoms with van der Waals surface area (Å²) in [5, 5.41) is 11.3. The highest BCUT2D eigenvalue weighted by Gasteiger charge is 2.36. The van der Waals surface area contributed by atoms with Crippen LogP contribution in [0.3, 0.4) is 0 Å². The predicted octanol–water partition coefficient (Wildman–Crippen LogP) is 2.54. The van der Waals surface area contributed by atoms with Crippen molar-refractivity contribution in [1.29, 1.82) is 5.26 Å². The number of likely N-dealkylation sites (tertiary alicyclic amines) is 2. The highest BCUT2D eigenvalue weighted by atomic mass is 19.1. The quantitative estimate of drug-likeness (QED) is 0.813. The summed E-state index contributed by atoms with van der Waals surface area (Å²) in [4.78, 5) is 20.0. The lowest BCUT2D eigenvalue weighted by Gasteiger charge is -2.33. The lowest BCUT2D eigenvalue weighted by atomic mass is 10.1. The molecule has 146 valence electrons. The van der Waals surface area contributed by atoms with Crippen LogP contribution in [0.4, 0.5) is 4.39 Å². The number of carbonyl (C=O) groups excluding carboxylic acids is 1. The Bertz CT molecular complexity index is 891. The maximum absolute atomic E-state index is 13.5. The molecular weight excluding hydrogens is 359 g/mol. The number of fused-ring (bicyclic) bond motifs is 1. The third kappa shape index (κ3) is 4.07. The Kier molecular flexibility index (Phi) is 5.40. The van der Waals surface area contributed by atoms with Crippen LogP contribution in [-0.2, 0) is 4.79 Å². The molecule has 2 fully saturated rings. The maximum atomic E-state index is 13.5. The molecule has 0 bridgehead atoms. The van der Waals surface area contributed by atoms with Gasteiger partial charge in [-0.15, -0.1) is 0 Å². The van der Waals surface area contributed by atoms with Gasteiger partial charge in [-0.3, -0.25) is 14.7 Å². The molecule has 6 nitrogen and oxygen atoms in total. The zero-order valence-electron chi connectivity index (χ0n) is 15.6. The highest BCUT2D eigenvalue weighted by molar-refractivity contribution is 5.82. The largest absolute Gasteiger partial charge is 0.490 e. The van der Waals surface area contributed by atoms with Gasteiger partial charge in [0.25, 0.3) is 0 Å². The Labute approximate surface area is 163 Å². The normalized spacial score (nSPS) is 23.6. The zero-order valence-corrected chi connectivity index (χ0v) is 15.6. The van der Waals surface area contributed by atoms with Crippen molar-refractivity contribution >= 4 is 16.7 Å². The fraction of sp³-hybridized carbons (Fsp3) is 0.476. The van der Waals surface area contributed by atoms with Gasteiger partial charge in [-0.2, -0.15) is 5.26 Å². The first-order valence-corrected chi connectivity index (χ1v) is 9.68. The maximum Gasteiger partial charge on any atom is 0.237 e. The van der Waals surface area contributed by atoms with Gasteiger partial charge in [0.05, 0.1) is 19.2 Å². The van der Waals surface area contributed by atoms with Crippen LogP contribution in [0.15, 0.2) is 36.7 Å². The van der Waals surface area contributed by atoms with Gasteiger partial charge in [-0.05, 0) is 42.5 Å². The zero-order chi connectivity index (χ0) is 19.5. The number of pyridine rings is 1. The number of rotatable bonds is 4. The van der Waals surface area contributed by atoms with Crippen LogP contribution < -0.4 is 4.74 Å². The fourth-order valence-corrected chi connectivity index (χ4v) is 3.98. The predicted molar refractivity (Wildman–Crippen MR) is 102 cm³/mol. The molecule has 1 aromatic heterocycles. The van der Waals surface area contributed by atoms with E-state index < -0.39 is 12.2 Å². The van der Waals surface area contributed by atoms with E-state index in [1.54, 1.807) is 6.20 Å². The minimum Gasteiger partial charge on any atom is -0.490 e. The van der Waals surface area contributed by atoms with E-state index in [0.29, 0.717) is 0 Å². The molecule has 2 saturated heterocycles. The molecule has 0 saturated carbocycles. The lowest BCUT2D eigenvalue weighted by molar-refractivity contribution is -0.133. The van der Waals surface area contributed by atoms with E-state index in [9.17, 15) is 9.18 Å². The molecule has 1 aromatic carbocycles. The summed E-state index contributed by atoms with van der Waals surface area (Å²) in [6, 6.07) is 9.35. The summed E-state index contributed by atoms with van der Waals surface area (Å²) in [5.74, 6) is 0.686. The van der Waals surface area contributed by atoms with Crippen molar-refractivity contribution in [1.82, 2.24) is 14.8 Å². The van der Waals surface area contributed by atoms with E-state index in [-0.39, 0.29) is 31.5 Å². The Balaban J connectivity index is 1.28. The average Bonchev–Trinajstić information content (AvgIpc) is 3.10. The van der Waals surface area contributed by atoms with Crippen molar-refractivity contribution in [2.24, 2.45) is 0 Å². The standard InChI is InChI=1S/C21H23FN4O2/c22-17-10-18(11-23)26(13-17)21(27)14-25-7-4-19(5-8-25)28-20-2-1-16-12-24-6-3-15(16)9-20/h1-3,6,9,12,17-19H,4-5,7-8,10,13-14H2/t17-,18-/m0/s1. The molecule has 0 unspecified atom stereocenters. The van der Waals surface area contributed by atoms with Gasteiger partial charge in [-0.25, -0.2) is 4.39 Å². The van der Waals surface area contributed by atoms with Crippen molar-refractivity contribution in [2.45, 2.75) is 37.6 Å². The minimum atomic E-state index is -1.09. The van der Waals surface area contributed by atoms with E-state index in [1.165, 1.54) is 4.90 Å². The van der Waals surface area contributed by atoms with Gasteiger partial charge in [0.1, 0.15) is 24.1 Å². The monoisotopic (exact) mass is 382 g/mol. The smallest absolute Gasteiger partial charge is 0.237 e. The summed E-state index contributed by atoms with van der Waals surface area (Å²) in [5.41, 5.74) is 0. The van der Waals surface area contributed by atoms with E-state index in [4.69, 9.17) is 10.00 Å². The second-order valence-corrected chi connectivity index (χ2v) is 7.50. The molecule has 0 spiro atoms. The van der Waals surface area contributed by atoms with Crippen molar-refractivity contribution in [3.05, 3.63) is 36.7 Å². The minimum absolute atomic E-state index is 0.0358. The van der Waals surface area contributed by atoms with Gasteiger partial charge in [0.2, 0.25) is 5.91 Å². The number of hydrogen-bond acceptors (Lipinski definition) is 5. The molecule has 2 aliphatic rings. The molecule has 0 aliphatic carbocycles. The molecule has 0 N–H and O–H groups in total. The van der Waals surface area contributed by atoms with E-state index in [2.05, 4.69) is 9.88 Å². The van der Waals surface area contributed by atoms with Crippen LogP contribution in [0.1, 0.15) is 19.3 Å². The van der Waals surface area contributed by atoms with Gasteiger partial charge in [0, 0.05) is 37.3 Å². The fourth-order valence-electron chi connectivity index (χ4n) is 3.98. The molecule has 4 rings (SSSR count). The Morgan fingerprint density at radius 2 is 2.11 bits per heavy atom. The van der Waals surface area contributed by atoms with Crippen LogP contribution in [-0.4, -0.2) is 65.2 Å². The number of alkyl halides is 1. The summed E-state index contributed by atoms with van der Waals surface area (Å²) in [6.45, 7) is 1.77. The Hall–Kier alpha value is -2.72. The summed E-state index contributed by atoms with van der Waals surface area (Å²) in [6.07, 6.45) is 4.40. The molecule has 1 amide bonds. The first-order valence-electron chi connectivity index (χ1n) is 9.68. The number of nitrogens with zero attached hydrogens (tertiary/aromatic N) is 4. The Morgan fingerprint density at radius 1 is 1.29 bits per heavy atom. The number of benzene rings is 1. The second kappa shape index (κ2) is 8.11. The molecular formula is C21H23FN4O2. The SMILES string of the molecule is N#C[C@@H]1C[C@H](F)CN1C(=O)CN1CCC(Oc2ccc3cnccc3c2)CC1. The van der Waals surface area contributed by atoms with E-state index >= 15 is 0 Å². The van der Waals surface area contributed by atoms with E-state index in [1.807, 2.05) is 36.5 Å². The van der Waals surface area contributed by atoms with Crippen LogP contribution in [0.5, 0.6) is 5.75 Å². The highest BCUT2D eigenvalue weighted by Crippen LogP contribution is 2.24. The van der Waals surface area contributed by atoms with Crippen LogP contribution in [0.25, 0.3) is 10.8 Å². The van der Waals surface area contributed by atoms with Crippen molar-refractivity contribution in [3.63, 3.8) is 0 Å². The molecule has 28 heavy (non-hydrogen) atoms. The molecule has 2 atom stereocenters. The van der Waals surface area contributed by atoms with Gasteiger partial charge >= 0.3 is 0 Å². The molecule has 2 aliphatic heterocycles. The summed E-state index contributed by atoms with van der Waals surface area (Å²) >= 11 is 0. The summed E-state index contributed by atoms with van der Waals surface area (Å²) < 4.78 is 19.7. The van der Waals surface area contributed by atoms with E-state index in [0.717, 1.165) is 42.5 Å².